The van der Waals surface area contributed by atoms with E-state index in [9.17, 15) is 4.79 Å². The van der Waals surface area contributed by atoms with Gasteiger partial charge in [0.1, 0.15) is 0 Å². The zero-order valence-electron chi connectivity index (χ0n) is 13.3. The van der Waals surface area contributed by atoms with Crippen molar-refractivity contribution in [3.05, 3.63) is 33.8 Å². The number of halogens is 1. The second kappa shape index (κ2) is 7.58. The first-order valence-electron chi connectivity index (χ1n) is 7.43. The largest absolute Gasteiger partial charge is 0.356 e. The summed E-state index contributed by atoms with van der Waals surface area (Å²) in [4.78, 5) is 11.8. The van der Waals surface area contributed by atoms with Gasteiger partial charge in [0.15, 0.2) is 0 Å². The Morgan fingerprint density at radius 1 is 1.27 bits per heavy atom. The van der Waals surface area contributed by atoms with E-state index in [2.05, 4.69) is 31.4 Å². The molecule has 0 bridgehead atoms. The van der Waals surface area contributed by atoms with Crippen LogP contribution in [0.1, 0.15) is 29.9 Å². The van der Waals surface area contributed by atoms with Gasteiger partial charge < -0.3 is 5.32 Å². The van der Waals surface area contributed by atoms with Gasteiger partial charge >= 0.3 is 0 Å². The SMILES string of the molecule is Cc1nn(CCCNC(=O)CCn2nccc2C)c(C)c1Br. The summed E-state index contributed by atoms with van der Waals surface area (Å²) < 4.78 is 4.87. The Bertz CT molecular complexity index is 646. The van der Waals surface area contributed by atoms with Crippen LogP contribution < -0.4 is 5.32 Å². The van der Waals surface area contributed by atoms with Crippen LogP contribution in [0.25, 0.3) is 0 Å². The van der Waals surface area contributed by atoms with E-state index >= 15 is 0 Å². The van der Waals surface area contributed by atoms with Gasteiger partial charge in [0.2, 0.25) is 5.91 Å². The maximum Gasteiger partial charge on any atom is 0.221 e. The molecular formula is C15H22BrN5O. The molecule has 0 aliphatic heterocycles. The van der Waals surface area contributed by atoms with E-state index in [1.54, 1.807) is 6.20 Å². The van der Waals surface area contributed by atoms with E-state index in [1.807, 2.05) is 36.2 Å². The van der Waals surface area contributed by atoms with Crippen LogP contribution in [0, 0.1) is 20.8 Å². The van der Waals surface area contributed by atoms with Crippen molar-refractivity contribution in [2.75, 3.05) is 6.54 Å². The van der Waals surface area contributed by atoms with Crippen molar-refractivity contribution in [1.82, 2.24) is 24.9 Å². The Balaban J connectivity index is 1.67. The molecule has 2 rings (SSSR count). The average Bonchev–Trinajstić information content (AvgIpc) is 3.00. The van der Waals surface area contributed by atoms with Gasteiger partial charge in [0, 0.05) is 43.6 Å². The highest BCUT2D eigenvalue weighted by Gasteiger charge is 2.08. The van der Waals surface area contributed by atoms with Crippen molar-refractivity contribution in [2.24, 2.45) is 0 Å². The molecule has 0 unspecified atom stereocenters. The van der Waals surface area contributed by atoms with Crippen LogP contribution in [0.15, 0.2) is 16.7 Å². The fraction of sp³-hybridized carbons (Fsp3) is 0.533. The molecule has 2 aromatic rings. The highest BCUT2D eigenvalue weighted by atomic mass is 79.9. The second-order valence-corrected chi connectivity index (χ2v) is 6.15. The molecular weight excluding hydrogens is 346 g/mol. The third kappa shape index (κ3) is 4.19. The molecule has 0 saturated heterocycles. The molecule has 22 heavy (non-hydrogen) atoms. The monoisotopic (exact) mass is 367 g/mol. The fourth-order valence-corrected chi connectivity index (χ4v) is 2.56. The third-order valence-corrected chi connectivity index (χ3v) is 4.79. The van der Waals surface area contributed by atoms with E-state index < -0.39 is 0 Å². The summed E-state index contributed by atoms with van der Waals surface area (Å²) in [6.45, 7) is 8.08. The van der Waals surface area contributed by atoms with Gasteiger partial charge in [-0.15, -0.1) is 0 Å². The minimum absolute atomic E-state index is 0.0597. The van der Waals surface area contributed by atoms with Gasteiger partial charge in [-0.25, -0.2) is 0 Å². The van der Waals surface area contributed by atoms with Crippen LogP contribution in [0.3, 0.4) is 0 Å². The minimum Gasteiger partial charge on any atom is -0.356 e. The second-order valence-electron chi connectivity index (χ2n) is 5.36. The van der Waals surface area contributed by atoms with Gasteiger partial charge in [-0.05, 0) is 49.2 Å². The number of rotatable bonds is 7. The number of carbonyl (C=O) groups is 1. The van der Waals surface area contributed by atoms with Gasteiger partial charge in [-0.1, -0.05) is 0 Å². The predicted molar refractivity (Wildman–Crippen MR) is 88.6 cm³/mol. The lowest BCUT2D eigenvalue weighted by atomic mass is 10.3. The van der Waals surface area contributed by atoms with Crippen molar-refractivity contribution in [3.63, 3.8) is 0 Å². The predicted octanol–water partition coefficient (Wildman–Crippen LogP) is 2.36. The summed E-state index contributed by atoms with van der Waals surface area (Å²) in [6.07, 6.45) is 3.06. The maximum atomic E-state index is 11.8. The standard InChI is InChI=1S/C15H22BrN5O/c1-11-5-8-18-20(11)10-6-14(22)17-7-4-9-21-13(3)15(16)12(2)19-21/h5,8H,4,6-7,9-10H2,1-3H3,(H,17,22). The molecule has 0 aliphatic rings. The summed E-state index contributed by atoms with van der Waals surface area (Å²) >= 11 is 3.52. The number of amides is 1. The Morgan fingerprint density at radius 3 is 2.64 bits per heavy atom. The zero-order valence-corrected chi connectivity index (χ0v) is 14.9. The summed E-state index contributed by atoms with van der Waals surface area (Å²) in [5.74, 6) is 0.0597. The van der Waals surface area contributed by atoms with Crippen molar-refractivity contribution in [3.8, 4) is 0 Å². The highest BCUT2D eigenvalue weighted by molar-refractivity contribution is 9.10. The van der Waals surface area contributed by atoms with Crippen LogP contribution >= 0.6 is 15.9 Å². The highest BCUT2D eigenvalue weighted by Crippen LogP contribution is 2.19. The Labute approximate surface area is 139 Å². The molecule has 0 saturated carbocycles. The molecule has 2 aromatic heterocycles. The topological polar surface area (TPSA) is 64.7 Å². The van der Waals surface area contributed by atoms with E-state index in [0.29, 0.717) is 19.5 Å². The molecule has 0 aliphatic carbocycles. The van der Waals surface area contributed by atoms with Crippen LogP contribution in [-0.2, 0) is 17.9 Å². The first kappa shape index (κ1) is 16.7. The lowest BCUT2D eigenvalue weighted by Gasteiger charge is -2.07. The third-order valence-electron chi connectivity index (χ3n) is 3.64. The smallest absolute Gasteiger partial charge is 0.221 e. The van der Waals surface area contributed by atoms with Crippen molar-refractivity contribution in [2.45, 2.75) is 46.7 Å². The van der Waals surface area contributed by atoms with E-state index in [0.717, 1.165) is 34.5 Å². The van der Waals surface area contributed by atoms with E-state index in [1.165, 1.54) is 0 Å². The van der Waals surface area contributed by atoms with Crippen molar-refractivity contribution < 1.29 is 4.79 Å². The lowest BCUT2D eigenvalue weighted by Crippen LogP contribution is -2.26. The Hall–Kier alpha value is -1.63. The average molecular weight is 368 g/mol. The van der Waals surface area contributed by atoms with Gasteiger partial charge in [-0.3, -0.25) is 14.2 Å². The number of hydrogen-bond acceptors (Lipinski definition) is 3. The van der Waals surface area contributed by atoms with Gasteiger partial charge in [0.25, 0.3) is 0 Å². The summed E-state index contributed by atoms with van der Waals surface area (Å²) in [7, 11) is 0. The Morgan fingerprint density at radius 2 is 2.05 bits per heavy atom. The molecule has 0 fully saturated rings. The first-order valence-corrected chi connectivity index (χ1v) is 8.23. The number of aryl methyl sites for hydroxylation is 4. The molecule has 0 radical (unpaired) electrons. The summed E-state index contributed by atoms with van der Waals surface area (Å²) in [5, 5.41) is 11.6. The quantitative estimate of drug-likeness (QED) is 0.764. The van der Waals surface area contributed by atoms with Crippen LogP contribution in [0.5, 0.6) is 0 Å². The lowest BCUT2D eigenvalue weighted by molar-refractivity contribution is -0.121. The molecule has 6 nitrogen and oxygen atoms in total. The molecule has 0 spiro atoms. The van der Waals surface area contributed by atoms with Crippen LogP contribution in [0.4, 0.5) is 0 Å². The summed E-state index contributed by atoms with van der Waals surface area (Å²) in [6, 6.07) is 1.93. The number of hydrogen-bond donors (Lipinski definition) is 1. The summed E-state index contributed by atoms with van der Waals surface area (Å²) in [5.41, 5.74) is 3.19. The van der Waals surface area contributed by atoms with Gasteiger partial charge in [0.05, 0.1) is 10.2 Å². The van der Waals surface area contributed by atoms with Crippen molar-refractivity contribution in [1.29, 1.82) is 0 Å². The number of nitrogens with zero attached hydrogens (tertiary/aromatic N) is 4. The molecule has 2 heterocycles. The minimum atomic E-state index is 0.0597. The van der Waals surface area contributed by atoms with E-state index in [-0.39, 0.29) is 5.91 Å². The van der Waals surface area contributed by atoms with Gasteiger partial charge in [-0.2, -0.15) is 10.2 Å². The maximum absolute atomic E-state index is 11.8. The Kier molecular flexibility index (Phi) is 5.76. The molecule has 0 atom stereocenters. The number of carbonyl (C=O) groups excluding carboxylic acids is 1. The van der Waals surface area contributed by atoms with E-state index in [4.69, 9.17) is 0 Å². The number of aromatic nitrogens is 4. The van der Waals surface area contributed by atoms with Crippen LogP contribution in [-0.4, -0.2) is 32.0 Å². The fourth-order valence-electron chi connectivity index (χ4n) is 2.28. The molecule has 1 N–H and O–H groups in total. The normalized spacial score (nSPS) is 10.9. The zero-order chi connectivity index (χ0) is 16.1. The molecule has 120 valence electrons. The molecule has 7 heteroatoms. The first-order chi connectivity index (χ1) is 10.5. The molecule has 1 amide bonds. The molecule has 0 aromatic carbocycles. The van der Waals surface area contributed by atoms with Crippen LogP contribution in [0.2, 0.25) is 0 Å². The van der Waals surface area contributed by atoms with Crippen molar-refractivity contribution >= 4 is 21.8 Å². The number of nitrogens with one attached hydrogen (secondary N) is 1.